The Hall–Kier alpha value is -7.42. The number of nitrogens with zero attached hydrogens (tertiary/aromatic N) is 1. The largest absolute Gasteiger partial charge is 0.456 e. The van der Waals surface area contributed by atoms with E-state index in [1.54, 1.807) is 0 Å². The van der Waals surface area contributed by atoms with Crippen molar-refractivity contribution in [1.29, 1.82) is 0 Å². The van der Waals surface area contributed by atoms with E-state index < -0.39 is 0 Å². The second kappa shape index (κ2) is 14.4. The first-order valence-corrected chi connectivity index (χ1v) is 19.1. The van der Waals surface area contributed by atoms with E-state index >= 15 is 0 Å². The molecule has 9 aromatic carbocycles. The van der Waals surface area contributed by atoms with Crippen LogP contribution < -0.4 is 4.90 Å². The highest BCUT2D eigenvalue weighted by molar-refractivity contribution is 6.16. The molecule has 10 aromatic rings. The zero-order chi connectivity index (χ0) is 37.3. The summed E-state index contributed by atoms with van der Waals surface area (Å²) in [5.41, 5.74) is 16.6. The van der Waals surface area contributed by atoms with Crippen LogP contribution in [0.15, 0.2) is 229 Å². The SMILES string of the molecule is c1ccc(-c2ccc(N(c3ccc(-c4ccccc4)cc3)c3ccccc3-c3ccc4oc5ccccc5c4c3-c3cccc(-c4ccccc4)c3)cc2)cc1. The lowest BCUT2D eigenvalue weighted by atomic mass is 9.88. The highest BCUT2D eigenvalue weighted by Gasteiger charge is 2.23. The normalized spacial score (nSPS) is 11.2. The Morgan fingerprint density at radius 3 is 1.41 bits per heavy atom. The highest BCUT2D eigenvalue weighted by Crippen LogP contribution is 2.48. The fourth-order valence-electron chi connectivity index (χ4n) is 8.02. The van der Waals surface area contributed by atoms with Gasteiger partial charge in [-0.2, -0.15) is 0 Å². The molecule has 10 rings (SSSR count). The van der Waals surface area contributed by atoms with Crippen molar-refractivity contribution in [2.45, 2.75) is 0 Å². The smallest absolute Gasteiger partial charge is 0.136 e. The average molecular weight is 716 g/mol. The molecular formula is C54H37NO. The molecule has 264 valence electrons. The molecule has 0 aliphatic heterocycles. The lowest BCUT2D eigenvalue weighted by Crippen LogP contribution is -2.11. The van der Waals surface area contributed by atoms with E-state index in [1.165, 1.54) is 33.4 Å². The fourth-order valence-corrected chi connectivity index (χ4v) is 8.02. The van der Waals surface area contributed by atoms with Gasteiger partial charge in [-0.3, -0.25) is 0 Å². The summed E-state index contributed by atoms with van der Waals surface area (Å²) in [6.45, 7) is 0. The Kier molecular flexibility index (Phi) is 8.55. The van der Waals surface area contributed by atoms with E-state index in [4.69, 9.17) is 4.42 Å². The summed E-state index contributed by atoms with van der Waals surface area (Å²) in [6, 6.07) is 80.1. The first kappa shape index (κ1) is 33.2. The number of furan rings is 1. The third kappa shape index (κ3) is 6.14. The van der Waals surface area contributed by atoms with Crippen molar-refractivity contribution in [2.24, 2.45) is 0 Å². The van der Waals surface area contributed by atoms with Crippen LogP contribution in [0.3, 0.4) is 0 Å². The van der Waals surface area contributed by atoms with Gasteiger partial charge >= 0.3 is 0 Å². The van der Waals surface area contributed by atoms with Gasteiger partial charge in [-0.05, 0) is 99.1 Å². The summed E-state index contributed by atoms with van der Waals surface area (Å²) >= 11 is 0. The van der Waals surface area contributed by atoms with E-state index in [1.807, 2.05) is 6.07 Å². The Morgan fingerprint density at radius 2 is 0.786 bits per heavy atom. The standard InChI is InChI=1S/C54H37NO/c1-4-15-38(16-5-1)41-27-31-45(32-28-41)55(46-33-29-42(30-34-46)39-17-6-2-7-18-39)50-25-12-10-23-47(50)48-35-36-52-54(49-24-11-13-26-51(49)56-52)53(48)44-22-14-21-43(37-44)40-19-8-3-9-20-40/h1-37H. The van der Waals surface area contributed by atoms with Crippen molar-refractivity contribution in [3.05, 3.63) is 224 Å². The summed E-state index contributed by atoms with van der Waals surface area (Å²) in [4.78, 5) is 2.39. The first-order valence-electron chi connectivity index (χ1n) is 19.1. The molecule has 0 N–H and O–H groups in total. The molecule has 0 aliphatic rings. The Balaban J connectivity index is 1.20. The maximum atomic E-state index is 6.52. The molecule has 2 nitrogen and oxygen atoms in total. The molecule has 56 heavy (non-hydrogen) atoms. The van der Waals surface area contributed by atoms with Crippen LogP contribution in [0.2, 0.25) is 0 Å². The topological polar surface area (TPSA) is 16.4 Å². The van der Waals surface area contributed by atoms with Gasteiger partial charge in [0, 0.05) is 33.3 Å². The van der Waals surface area contributed by atoms with Gasteiger partial charge in [0.2, 0.25) is 0 Å². The summed E-state index contributed by atoms with van der Waals surface area (Å²) in [5, 5.41) is 2.22. The molecule has 0 aliphatic carbocycles. The number of fused-ring (bicyclic) bond motifs is 3. The minimum absolute atomic E-state index is 0.873. The van der Waals surface area contributed by atoms with Gasteiger partial charge in [-0.15, -0.1) is 0 Å². The van der Waals surface area contributed by atoms with Crippen LogP contribution in [0.4, 0.5) is 17.1 Å². The summed E-state index contributed by atoms with van der Waals surface area (Å²) in [6.07, 6.45) is 0. The molecule has 1 aromatic heterocycles. The molecule has 2 heteroatoms. The van der Waals surface area contributed by atoms with Crippen LogP contribution in [0.25, 0.3) is 77.6 Å². The second-order valence-electron chi connectivity index (χ2n) is 14.1. The molecule has 0 radical (unpaired) electrons. The van der Waals surface area contributed by atoms with Crippen LogP contribution >= 0.6 is 0 Å². The molecule has 0 saturated carbocycles. The lowest BCUT2D eigenvalue weighted by Gasteiger charge is -2.29. The Morgan fingerprint density at radius 1 is 0.304 bits per heavy atom. The lowest BCUT2D eigenvalue weighted by molar-refractivity contribution is 0.669. The summed E-state index contributed by atoms with van der Waals surface area (Å²) in [7, 11) is 0. The van der Waals surface area contributed by atoms with E-state index in [0.717, 1.165) is 61.3 Å². The molecule has 0 unspecified atom stereocenters. The molecule has 0 saturated heterocycles. The zero-order valence-corrected chi connectivity index (χ0v) is 30.7. The molecule has 0 spiro atoms. The van der Waals surface area contributed by atoms with Gasteiger partial charge in [0.15, 0.2) is 0 Å². The Labute approximate surface area is 327 Å². The fraction of sp³-hybridized carbons (Fsp3) is 0. The number of benzene rings is 9. The van der Waals surface area contributed by atoms with Gasteiger partial charge in [-0.25, -0.2) is 0 Å². The van der Waals surface area contributed by atoms with Gasteiger partial charge in [0.05, 0.1) is 5.69 Å². The molecule has 1 heterocycles. The molecule has 0 atom stereocenters. The van der Waals surface area contributed by atoms with Gasteiger partial charge < -0.3 is 9.32 Å². The number of hydrogen-bond acceptors (Lipinski definition) is 2. The number of para-hydroxylation sites is 2. The Bertz CT molecular complexity index is 2850. The molecular weight excluding hydrogens is 679 g/mol. The van der Waals surface area contributed by atoms with Crippen molar-refractivity contribution in [2.75, 3.05) is 4.90 Å². The second-order valence-corrected chi connectivity index (χ2v) is 14.1. The summed E-state index contributed by atoms with van der Waals surface area (Å²) in [5.74, 6) is 0. The van der Waals surface area contributed by atoms with E-state index in [0.29, 0.717) is 0 Å². The van der Waals surface area contributed by atoms with Crippen molar-refractivity contribution in [3.63, 3.8) is 0 Å². The van der Waals surface area contributed by atoms with E-state index in [2.05, 4.69) is 223 Å². The monoisotopic (exact) mass is 715 g/mol. The van der Waals surface area contributed by atoms with Crippen LogP contribution in [0.5, 0.6) is 0 Å². The predicted molar refractivity (Wildman–Crippen MR) is 236 cm³/mol. The van der Waals surface area contributed by atoms with Gasteiger partial charge in [0.25, 0.3) is 0 Å². The average Bonchev–Trinajstić information content (AvgIpc) is 3.67. The predicted octanol–water partition coefficient (Wildman–Crippen LogP) is 15.4. The molecule has 0 bridgehead atoms. The van der Waals surface area contributed by atoms with E-state index in [9.17, 15) is 0 Å². The zero-order valence-electron chi connectivity index (χ0n) is 30.7. The van der Waals surface area contributed by atoms with Crippen molar-refractivity contribution in [1.82, 2.24) is 0 Å². The van der Waals surface area contributed by atoms with Crippen molar-refractivity contribution in [3.8, 4) is 55.6 Å². The van der Waals surface area contributed by atoms with Crippen LogP contribution in [0, 0.1) is 0 Å². The maximum absolute atomic E-state index is 6.52. The van der Waals surface area contributed by atoms with Crippen molar-refractivity contribution < 1.29 is 4.42 Å². The number of hydrogen-bond donors (Lipinski definition) is 0. The van der Waals surface area contributed by atoms with E-state index in [-0.39, 0.29) is 0 Å². The maximum Gasteiger partial charge on any atom is 0.136 e. The third-order valence-corrected chi connectivity index (χ3v) is 10.7. The summed E-state index contributed by atoms with van der Waals surface area (Å²) < 4.78 is 6.52. The minimum atomic E-state index is 0.873. The number of anilines is 3. The van der Waals surface area contributed by atoms with Crippen LogP contribution in [0.1, 0.15) is 0 Å². The number of rotatable bonds is 8. The van der Waals surface area contributed by atoms with Crippen molar-refractivity contribution >= 4 is 39.0 Å². The molecule has 0 amide bonds. The van der Waals surface area contributed by atoms with Gasteiger partial charge in [0.1, 0.15) is 11.2 Å². The molecule has 0 fully saturated rings. The van der Waals surface area contributed by atoms with Crippen LogP contribution in [-0.2, 0) is 0 Å². The van der Waals surface area contributed by atoms with Crippen LogP contribution in [-0.4, -0.2) is 0 Å². The highest BCUT2D eigenvalue weighted by atomic mass is 16.3. The first-order chi connectivity index (χ1) is 27.8. The third-order valence-electron chi connectivity index (χ3n) is 10.7. The minimum Gasteiger partial charge on any atom is -0.456 e. The quantitative estimate of drug-likeness (QED) is 0.156. The van der Waals surface area contributed by atoms with Gasteiger partial charge in [-0.1, -0.05) is 170 Å².